The molecule has 1 heterocycles. The molecular weight excluding hydrogens is 409 g/mol. The molecule has 0 unspecified atom stereocenters. The summed E-state index contributed by atoms with van der Waals surface area (Å²) < 4.78 is 18.6. The lowest BCUT2D eigenvalue weighted by Gasteiger charge is -2.06. The van der Waals surface area contributed by atoms with E-state index >= 15 is 0 Å². The van der Waals surface area contributed by atoms with E-state index in [1.807, 2.05) is 5.38 Å². The minimum absolute atomic E-state index is 0.0384. The Bertz CT molecular complexity index is 913. The van der Waals surface area contributed by atoms with Crippen LogP contribution in [0, 0.1) is 5.82 Å². The molecule has 0 aliphatic rings. The molecule has 25 heavy (non-hydrogen) atoms. The average Bonchev–Trinajstić information content (AvgIpc) is 3.07. The van der Waals surface area contributed by atoms with E-state index in [0.29, 0.717) is 15.4 Å². The number of nitrogens with one attached hydrogen (secondary N) is 1. The highest BCUT2D eigenvalue weighted by Gasteiger charge is 2.08. The fourth-order valence-electron chi connectivity index (χ4n) is 2.06. The third-order valence-corrected chi connectivity index (χ3v) is 4.64. The Labute approximate surface area is 155 Å². The highest BCUT2D eigenvalue weighted by atomic mass is 79.9. The minimum atomic E-state index is -0.280. The molecule has 3 aromatic rings. The van der Waals surface area contributed by atoms with Gasteiger partial charge in [-0.05, 0) is 57.9 Å². The SMILES string of the molecule is COc1cc(/C=N/Nc2nc(-c3ccc(F)cc3)cs2)cc(Br)c1O. The first-order valence-corrected chi connectivity index (χ1v) is 8.81. The number of phenols is 1. The van der Waals surface area contributed by atoms with Crippen molar-refractivity contribution in [2.24, 2.45) is 5.10 Å². The van der Waals surface area contributed by atoms with Gasteiger partial charge in [-0.2, -0.15) is 5.10 Å². The highest BCUT2D eigenvalue weighted by Crippen LogP contribution is 2.34. The Hall–Kier alpha value is -2.45. The van der Waals surface area contributed by atoms with Crippen molar-refractivity contribution in [2.45, 2.75) is 0 Å². The van der Waals surface area contributed by atoms with E-state index in [4.69, 9.17) is 4.74 Å². The van der Waals surface area contributed by atoms with Crippen LogP contribution in [-0.4, -0.2) is 23.4 Å². The van der Waals surface area contributed by atoms with E-state index in [1.165, 1.54) is 30.6 Å². The van der Waals surface area contributed by atoms with E-state index in [2.05, 4.69) is 31.4 Å². The van der Waals surface area contributed by atoms with Gasteiger partial charge in [-0.3, -0.25) is 5.43 Å². The molecule has 0 bridgehead atoms. The average molecular weight is 422 g/mol. The topological polar surface area (TPSA) is 66.7 Å². The summed E-state index contributed by atoms with van der Waals surface area (Å²) in [7, 11) is 1.48. The third-order valence-electron chi connectivity index (χ3n) is 3.29. The zero-order chi connectivity index (χ0) is 17.8. The number of aromatic hydroxyl groups is 1. The standard InChI is InChI=1S/C17H13BrFN3O2S/c1-24-15-7-10(6-13(18)16(15)23)8-20-22-17-21-14(9-25-17)11-2-4-12(19)5-3-11/h2-9,23H,1H3,(H,21,22)/b20-8+. The van der Waals surface area contributed by atoms with Crippen LogP contribution < -0.4 is 10.2 Å². The number of phenolic OH excluding ortho intramolecular Hbond substituents is 1. The second kappa shape index (κ2) is 7.62. The summed E-state index contributed by atoms with van der Waals surface area (Å²) in [5.74, 6) is 0.109. The summed E-state index contributed by atoms with van der Waals surface area (Å²) in [6, 6.07) is 9.53. The zero-order valence-electron chi connectivity index (χ0n) is 13.0. The lowest BCUT2D eigenvalue weighted by atomic mass is 10.2. The maximum absolute atomic E-state index is 13.0. The number of nitrogens with zero attached hydrogens (tertiary/aromatic N) is 2. The Morgan fingerprint density at radius 1 is 1.32 bits per heavy atom. The van der Waals surface area contributed by atoms with Crippen LogP contribution in [0.5, 0.6) is 11.5 Å². The molecule has 0 saturated heterocycles. The summed E-state index contributed by atoms with van der Waals surface area (Å²) in [4.78, 5) is 4.40. The van der Waals surface area contributed by atoms with Crippen molar-refractivity contribution in [2.75, 3.05) is 12.5 Å². The Balaban J connectivity index is 1.71. The van der Waals surface area contributed by atoms with Gasteiger partial charge < -0.3 is 9.84 Å². The van der Waals surface area contributed by atoms with Crippen LogP contribution in [0.1, 0.15) is 5.56 Å². The van der Waals surface area contributed by atoms with Gasteiger partial charge in [0.2, 0.25) is 5.13 Å². The summed E-state index contributed by atoms with van der Waals surface area (Å²) in [5, 5.41) is 16.4. The van der Waals surface area contributed by atoms with Crippen molar-refractivity contribution in [3.05, 3.63) is 57.6 Å². The summed E-state index contributed by atoms with van der Waals surface area (Å²) in [6.45, 7) is 0. The molecule has 128 valence electrons. The van der Waals surface area contributed by atoms with Gasteiger partial charge in [0.05, 0.1) is 23.5 Å². The molecule has 0 aliphatic heterocycles. The first kappa shape index (κ1) is 17.4. The molecule has 2 N–H and O–H groups in total. The molecule has 8 heteroatoms. The predicted octanol–water partition coefficient (Wildman–Crippen LogP) is 4.87. The number of anilines is 1. The number of ether oxygens (including phenoxy) is 1. The Morgan fingerprint density at radius 3 is 2.80 bits per heavy atom. The summed E-state index contributed by atoms with van der Waals surface area (Å²) in [6.07, 6.45) is 1.59. The largest absolute Gasteiger partial charge is 0.503 e. The van der Waals surface area contributed by atoms with Gasteiger partial charge in [0.1, 0.15) is 5.82 Å². The Kier molecular flexibility index (Phi) is 5.30. The van der Waals surface area contributed by atoms with E-state index in [0.717, 1.165) is 16.8 Å². The molecule has 2 aromatic carbocycles. The fraction of sp³-hybridized carbons (Fsp3) is 0.0588. The van der Waals surface area contributed by atoms with E-state index < -0.39 is 0 Å². The van der Waals surface area contributed by atoms with Gasteiger partial charge in [-0.25, -0.2) is 9.37 Å². The van der Waals surface area contributed by atoms with Crippen molar-refractivity contribution in [1.82, 2.24) is 4.98 Å². The maximum Gasteiger partial charge on any atom is 0.203 e. The number of rotatable bonds is 5. The predicted molar refractivity (Wildman–Crippen MR) is 101 cm³/mol. The van der Waals surface area contributed by atoms with Crippen LogP contribution in [0.25, 0.3) is 11.3 Å². The number of hydrogen-bond acceptors (Lipinski definition) is 6. The first-order chi connectivity index (χ1) is 12.1. The molecular formula is C17H13BrFN3O2S. The molecule has 0 saturated carbocycles. The number of hydrazone groups is 1. The second-order valence-electron chi connectivity index (χ2n) is 4.97. The Morgan fingerprint density at radius 2 is 2.08 bits per heavy atom. The van der Waals surface area contributed by atoms with Crippen molar-refractivity contribution in [1.29, 1.82) is 0 Å². The number of halogens is 2. The van der Waals surface area contributed by atoms with Crippen LogP contribution >= 0.6 is 27.3 Å². The molecule has 0 spiro atoms. The molecule has 0 aliphatic carbocycles. The number of thiazole rings is 1. The van der Waals surface area contributed by atoms with Gasteiger partial charge in [0, 0.05) is 10.9 Å². The fourth-order valence-corrected chi connectivity index (χ4v) is 3.19. The quantitative estimate of drug-likeness (QED) is 0.455. The third kappa shape index (κ3) is 4.15. The van der Waals surface area contributed by atoms with Crippen molar-refractivity contribution < 1.29 is 14.2 Å². The number of hydrogen-bond donors (Lipinski definition) is 2. The second-order valence-corrected chi connectivity index (χ2v) is 6.68. The molecule has 0 radical (unpaired) electrons. The molecule has 0 amide bonds. The van der Waals surface area contributed by atoms with Crippen molar-refractivity contribution >= 4 is 38.6 Å². The van der Waals surface area contributed by atoms with Crippen LogP contribution in [0.15, 0.2) is 51.4 Å². The number of benzene rings is 2. The molecule has 0 fully saturated rings. The van der Waals surface area contributed by atoms with E-state index in [9.17, 15) is 9.50 Å². The molecule has 5 nitrogen and oxygen atoms in total. The monoisotopic (exact) mass is 421 g/mol. The van der Waals surface area contributed by atoms with Crippen LogP contribution in [-0.2, 0) is 0 Å². The molecule has 0 atom stereocenters. The summed E-state index contributed by atoms with van der Waals surface area (Å²) in [5.41, 5.74) is 5.17. The summed E-state index contributed by atoms with van der Waals surface area (Å²) >= 11 is 4.65. The van der Waals surface area contributed by atoms with Gasteiger partial charge in [-0.15, -0.1) is 11.3 Å². The van der Waals surface area contributed by atoms with Crippen LogP contribution in [0.2, 0.25) is 0 Å². The van der Waals surface area contributed by atoms with Gasteiger partial charge in [-0.1, -0.05) is 0 Å². The normalized spacial score (nSPS) is 11.0. The lowest BCUT2D eigenvalue weighted by Crippen LogP contribution is -1.92. The highest BCUT2D eigenvalue weighted by molar-refractivity contribution is 9.10. The van der Waals surface area contributed by atoms with Crippen LogP contribution in [0.3, 0.4) is 0 Å². The van der Waals surface area contributed by atoms with Crippen molar-refractivity contribution in [3.8, 4) is 22.8 Å². The van der Waals surface area contributed by atoms with Crippen LogP contribution in [0.4, 0.5) is 9.52 Å². The van der Waals surface area contributed by atoms with Gasteiger partial charge in [0.25, 0.3) is 0 Å². The smallest absolute Gasteiger partial charge is 0.203 e. The lowest BCUT2D eigenvalue weighted by molar-refractivity contribution is 0.372. The van der Waals surface area contributed by atoms with Gasteiger partial charge >= 0.3 is 0 Å². The van der Waals surface area contributed by atoms with E-state index in [1.54, 1.807) is 30.5 Å². The number of aromatic nitrogens is 1. The minimum Gasteiger partial charge on any atom is -0.503 e. The molecule has 1 aromatic heterocycles. The van der Waals surface area contributed by atoms with Gasteiger partial charge in [0.15, 0.2) is 11.5 Å². The zero-order valence-corrected chi connectivity index (χ0v) is 15.4. The maximum atomic E-state index is 13.0. The molecule has 3 rings (SSSR count). The van der Waals surface area contributed by atoms with E-state index in [-0.39, 0.29) is 11.6 Å². The number of methoxy groups -OCH3 is 1. The van der Waals surface area contributed by atoms with Crippen molar-refractivity contribution in [3.63, 3.8) is 0 Å². The first-order valence-electron chi connectivity index (χ1n) is 7.14.